The highest BCUT2D eigenvalue weighted by atomic mass is 16.2. The summed E-state index contributed by atoms with van der Waals surface area (Å²) in [6.45, 7) is 3.82. The number of amides is 1. The number of aromatic nitrogens is 3. The molecule has 0 aliphatic carbocycles. The Bertz CT molecular complexity index is 947. The molecule has 3 aromatic rings. The Morgan fingerprint density at radius 1 is 1.17 bits per heavy atom. The Morgan fingerprint density at radius 3 is 2.83 bits per heavy atom. The molecule has 0 saturated heterocycles. The molecular weight excluding hydrogens is 292 g/mol. The van der Waals surface area contributed by atoms with Gasteiger partial charge >= 0.3 is 0 Å². The molecule has 6 heteroatoms. The number of rotatable bonds is 3. The van der Waals surface area contributed by atoms with Crippen LogP contribution in [0.3, 0.4) is 0 Å². The molecule has 2 aromatic heterocycles. The van der Waals surface area contributed by atoms with Gasteiger partial charge in [-0.1, -0.05) is 12.1 Å². The quantitative estimate of drug-likeness (QED) is 0.803. The summed E-state index contributed by atoms with van der Waals surface area (Å²) < 4.78 is 1.32. The minimum Gasteiger partial charge on any atom is -0.324 e. The average molecular weight is 308 g/mol. The maximum atomic E-state index is 12.3. The van der Waals surface area contributed by atoms with Crippen molar-refractivity contribution < 1.29 is 4.79 Å². The van der Waals surface area contributed by atoms with Gasteiger partial charge in [0.15, 0.2) is 5.65 Å². The van der Waals surface area contributed by atoms with Gasteiger partial charge in [0.2, 0.25) is 5.91 Å². The second-order valence-electron chi connectivity index (χ2n) is 5.32. The van der Waals surface area contributed by atoms with Crippen LogP contribution in [0.25, 0.3) is 11.2 Å². The fraction of sp³-hybridized carbons (Fsp3) is 0.176. The normalized spacial score (nSPS) is 10.7. The Kier molecular flexibility index (Phi) is 3.89. The number of aryl methyl sites for hydroxylation is 1. The van der Waals surface area contributed by atoms with Crippen LogP contribution in [0, 0.1) is 13.8 Å². The monoisotopic (exact) mass is 308 g/mol. The van der Waals surface area contributed by atoms with Crippen LogP contribution in [0.2, 0.25) is 0 Å². The highest BCUT2D eigenvalue weighted by Gasteiger charge is 2.11. The molecule has 0 aliphatic rings. The van der Waals surface area contributed by atoms with E-state index < -0.39 is 0 Å². The van der Waals surface area contributed by atoms with Crippen molar-refractivity contribution in [1.82, 2.24) is 14.5 Å². The van der Waals surface area contributed by atoms with Gasteiger partial charge < -0.3 is 5.32 Å². The molecule has 0 radical (unpaired) electrons. The number of carbonyl (C=O) groups excluding carboxylic acids is 1. The zero-order valence-electron chi connectivity index (χ0n) is 12.9. The first-order chi connectivity index (χ1) is 11.1. The van der Waals surface area contributed by atoms with Crippen molar-refractivity contribution in [3.05, 3.63) is 64.2 Å². The molecule has 0 saturated carbocycles. The molecule has 1 amide bonds. The van der Waals surface area contributed by atoms with E-state index in [0.717, 1.165) is 16.8 Å². The Morgan fingerprint density at radius 2 is 2.00 bits per heavy atom. The summed E-state index contributed by atoms with van der Waals surface area (Å²) in [4.78, 5) is 32.5. The van der Waals surface area contributed by atoms with Gasteiger partial charge in [-0.3, -0.25) is 14.2 Å². The number of hydrogen-bond donors (Lipinski definition) is 1. The molecule has 2 heterocycles. The zero-order chi connectivity index (χ0) is 16.4. The molecule has 3 rings (SSSR count). The van der Waals surface area contributed by atoms with Gasteiger partial charge in [-0.2, -0.15) is 0 Å². The van der Waals surface area contributed by atoms with Gasteiger partial charge in [-0.25, -0.2) is 9.97 Å². The highest BCUT2D eigenvalue weighted by Crippen LogP contribution is 2.18. The molecule has 23 heavy (non-hydrogen) atoms. The minimum atomic E-state index is -0.354. The predicted molar refractivity (Wildman–Crippen MR) is 88.3 cm³/mol. The molecular formula is C17H16N4O2. The number of nitrogens with zero attached hydrogens (tertiary/aromatic N) is 3. The number of hydrogen-bond acceptors (Lipinski definition) is 4. The molecule has 0 atom stereocenters. The number of benzene rings is 1. The highest BCUT2D eigenvalue weighted by molar-refractivity contribution is 5.92. The zero-order valence-corrected chi connectivity index (χ0v) is 12.9. The van der Waals surface area contributed by atoms with Gasteiger partial charge in [0, 0.05) is 11.9 Å². The number of nitrogens with one attached hydrogen (secondary N) is 1. The van der Waals surface area contributed by atoms with Gasteiger partial charge in [-0.05, 0) is 43.2 Å². The van der Waals surface area contributed by atoms with Crippen molar-refractivity contribution in [2.24, 2.45) is 0 Å². The maximum Gasteiger partial charge on any atom is 0.271 e. The lowest BCUT2D eigenvalue weighted by molar-refractivity contribution is -0.116. The van der Waals surface area contributed by atoms with E-state index in [-0.39, 0.29) is 18.0 Å². The molecule has 6 nitrogen and oxygen atoms in total. The number of anilines is 1. The van der Waals surface area contributed by atoms with Crippen LogP contribution in [-0.4, -0.2) is 20.4 Å². The van der Waals surface area contributed by atoms with Crippen LogP contribution in [-0.2, 0) is 11.3 Å². The summed E-state index contributed by atoms with van der Waals surface area (Å²) in [6.07, 6.45) is 2.78. The van der Waals surface area contributed by atoms with Crippen LogP contribution in [0.4, 0.5) is 5.69 Å². The van der Waals surface area contributed by atoms with Crippen molar-refractivity contribution in [2.75, 3.05) is 5.32 Å². The molecule has 0 unspecified atom stereocenters. The summed E-state index contributed by atoms with van der Waals surface area (Å²) in [7, 11) is 0. The lowest BCUT2D eigenvalue weighted by Crippen LogP contribution is -2.28. The average Bonchev–Trinajstić information content (AvgIpc) is 2.54. The molecule has 1 aromatic carbocycles. The van der Waals surface area contributed by atoms with Crippen molar-refractivity contribution in [3.63, 3.8) is 0 Å². The van der Waals surface area contributed by atoms with E-state index in [1.54, 1.807) is 18.3 Å². The topological polar surface area (TPSA) is 76.9 Å². The smallest absolute Gasteiger partial charge is 0.271 e. The third-order valence-electron chi connectivity index (χ3n) is 3.78. The van der Waals surface area contributed by atoms with E-state index >= 15 is 0 Å². The summed E-state index contributed by atoms with van der Waals surface area (Å²) in [5.41, 5.74) is 3.46. The Hall–Kier alpha value is -3.02. The van der Waals surface area contributed by atoms with E-state index in [9.17, 15) is 9.59 Å². The molecule has 0 aliphatic heterocycles. The second kappa shape index (κ2) is 6.00. The SMILES string of the molecule is Cc1cccc(NC(=O)Cn2c(=O)cnc3cccnc32)c1C. The van der Waals surface area contributed by atoms with Crippen LogP contribution >= 0.6 is 0 Å². The number of fused-ring (bicyclic) bond motifs is 1. The lowest BCUT2D eigenvalue weighted by Gasteiger charge is -2.12. The minimum absolute atomic E-state index is 0.109. The Balaban J connectivity index is 1.90. The fourth-order valence-corrected chi connectivity index (χ4v) is 2.37. The predicted octanol–water partition coefficient (Wildman–Crippen LogP) is 2.05. The third-order valence-corrected chi connectivity index (χ3v) is 3.78. The summed E-state index contributed by atoms with van der Waals surface area (Å²) >= 11 is 0. The van der Waals surface area contributed by atoms with E-state index in [1.165, 1.54) is 10.8 Å². The summed E-state index contributed by atoms with van der Waals surface area (Å²) in [5.74, 6) is -0.279. The van der Waals surface area contributed by atoms with Crippen LogP contribution in [0.1, 0.15) is 11.1 Å². The van der Waals surface area contributed by atoms with Crippen LogP contribution in [0.15, 0.2) is 47.5 Å². The molecule has 0 fully saturated rings. The van der Waals surface area contributed by atoms with E-state index in [0.29, 0.717) is 11.2 Å². The van der Waals surface area contributed by atoms with Crippen LogP contribution in [0.5, 0.6) is 0 Å². The van der Waals surface area contributed by atoms with E-state index in [4.69, 9.17) is 0 Å². The van der Waals surface area contributed by atoms with Crippen molar-refractivity contribution in [3.8, 4) is 0 Å². The maximum absolute atomic E-state index is 12.3. The number of carbonyl (C=O) groups is 1. The summed E-state index contributed by atoms with van der Waals surface area (Å²) in [5, 5.41) is 2.84. The van der Waals surface area contributed by atoms with E-state index in [2.05, 4.69) is 15.3 Å². The molecule has 116 valence electrons. The standard InChI is InChI=1S/C17H16N4O2/c1-11-5-3-6-13(12(11)2)20-15(22)10-21-16(23)9-19-14-7-4-8-18-17(14)21/h3-9H,10H2,1-2H3,(H,20,22). The largest absolute Gasteiger partial charge is 0.324 e. The van der Waals surface area contributed by atoms with Crippen LogP contribution < -0.4 is 10.9 Å². The molecule has 0 spiro atoms. The van der Waals surface area contributed by atoms with Gasteiger partial charge in [-0.15, -0.1) is 0 Å². The van der Waals surface area contributed by atoms with Crippen molar-refractivity contribution >= 4 is 22.8 Å². The Labute approximate surface area is 132 Å². The van der Waals surface area contributed by atoms with Gasteiger partial charge in [0.1, 0.15) is 12.1 Å². The lowest BCUT2D eigenvalue weighted by atomic mass is 10.1. The summed E-state index contributed by atoms with van der Waals surface area (Å²) in [6, 6.07) is 9.19. The van der Waals surface area contributed by atoms with Crippen molar-refractivity contribution in [2.45, 2.75) is 20.4 Å². The number of pyridine rings is 1. The first-order valence-electron chi connectivity index (χ1n) is 7.23. The molecule has 0 bridgehead atoms. The second-order valence-corrected chi connectivity index (χ2v) is 5.32. The third kappa shape index (κ3) is 2.96. The first kappa shape index (κ1) is 14.9. The van der Waals surface area contributed by atoms with Gasteiger partial charge in [0.25, 0.3) is 5.56 Å². The fourth-order valence-electron chi connectivity index (χ4n) is 2.37. The van der Waals surface area contributed by atoms with Crippen molar-refractivity contribution in [1.29, 1.82) is 0 Å². The van der Waals surface area contributed by atoms with E-state index in [1.807, 2.05) is 32.0 Å². The first-order valence-corrected chi connectivity index (χ1v) is 7.23. The molecule has 1 N–H and O–H groups in total. The van der Waals surface area contributed by atoms with Gasteiger partial charge in [0.05, 0.1) is 6.20 Å².